The zero-order valence-electron chi connectivity index (χ0n) is 13.5. The van der Waals surface area contributed by atoms with Crippen LogP contribution in [0.2, 0.25) is 0 Å². The molecule has 124 valence electrons. The molecule has 2 unspecified atom stereocenters. The number of para-hydroxylation sites is 1. The van der Waals surface area contributed by atoms with Crippen molar-refractivity contribution in [2.24, 2.45) is 11.7 Å². The number of ether oxygens (including phenoxy) is 1. The average Bonchev–Trinajstić information content (AvgIpc) is 2.59. The molecule has 0 radical (unpaired) electrons. The zero-order chi connectivity index (χ0) is 17.1. The maximum absolute atomic E-state index is 12.7. The van der Waals surface area contributed by atoms with Crippen LogP contribution in [0.15, 0.2) is 54.6 Å². The van der Waals surface area contributed by atoms with Crippen molar-refractivity contribution in [1.29, 1.82) is 0 Å². The quantitative estimate of drug-likeness (QED) is 0.943. The molecule has 5 nitrogen and oxygen atoms in total. The summed E-state index contributed by atoms with van der Waals surface area (Å²) in [4.78, 5) is 26.0. The molecular formula is C19H20N2O3. The molecular weight excluding hydrogens is 304 g/mol. The summed E-state index contributed by atoms with van der Waals surface area (Å²) in [5.74, 6) is -0.588. The van der Waals surface area contributed by atoms with E-state index in [-0.39, 0.29) is 12.5 Å². The van der Waals surface area contributed by atoms with Crippen LogP contribution >= 0.6 is 0 Å². The molecule has 1 aliphatic rings. The first-order valence-corrected chi connectivity index (χ1v) is 7.95. The van der Waals surface area contributed by atoms with Crippen molar-refractivity contribution in [3.05, 3.63) is 65.7 Å². The molecule has 1 aliphatic heterocycles. The Morgan fingerprint density at radius 1 is 1.12 bits per heavy atom. The maximum atomic E-state index is 12.7. The first-order chi connectivity index (χ1) is 11.6. The number of fused-ring (bicyclic) bond motifs is 1. The number of hydrogen-bond donors (Lipinski definition) is 1. The van der Waals surface area contributed by atoms with Crippen molar-refractivity contribution in [1.82, 2.24) is 0 Å². The molecule has 0 saturated carbocycles. The van der Waals surface area contributed by atoms with Crippen LogP contribution in [-0.4, -0.2) is 18.0 Å². The normalized spacial score (nSPS) is 19.5. The third-order valence-electron chi connectivity index (χ3n) is 4.30. The molecule has 0 spiro atoms. The molecule has 2 aromatic rings. The van der Waals surface area contributed by atoms with Crippen LogP contribution in [0, 0.1) is 5.92 Å². The van der Waals surface area contributed by atoms with Crippen LogP contribution in [0.5, 0.6) is 0 Å². The first-order valence-electron chi connectivity index (χ1n) is 7.95. The molecule has 3 rings (SSSR count). The number of rotatable bonds is 3. The molecule has 2 N–H and O–H groups in total. The van der Waals surface area contributed by atoms with Crippen LogP contribution < -0.4 is 10.6 Å². The summed E-state index contributed by atoms with van der Waals surface area (Å²) in [6.07, 6.45) is 0.147. The fourth-order valence-corrected chi connectivity index (χ4v) is 3.19. The second-order valence-electron chi connectivity index (χ2n) is 6.07. The third kappa shape index (κ3) is 3.11. The minimum Gasteiger partial charge on any atom is -0.444 e. The van der Waals surface area contributed by atoms with E-state index in [4.69, 9.17) is 10.5 Å². The minimum atomic E-state index is -0.705. The van der Waals surface area contributed by atoms with Gasteiger partial charge in [0.2, 0.25) is 5.91 Å². The Bertz CT molecular complexity index is 745. The van der Waals surface area contributed by atoms with E-state index < -0.39 is 18.0 Å². The summed E-state index contributed by atoms with van der Waals surface area (Å²) in [6, 6.07) is 16.3. The van der Waals surface area contributed by atoms with Gasteiger partial charge in [-0.1, -0.05) is 55.5 Å². The Hall–Kier alpha value is -2.82. The van der Waals surface area contributed by atoms with Gasteiger partial charge < -0.3 is 10.5 Å². The van der Waals surface area contributed by atoms with Gasteiger partial charge in [-0.25, -0.2) is 4.79 Å². The number of carbonyl (C=O) groups excluding carboxylic acids is 2. The molecule has 2 aromatic carbocycles. The van der Waals surface area contributed by atoms with Crippen molar-refractivity contribution in [3.63, 3.8) is 0 Å². The SMILES string of the molecule is CC1Cc2ccccc2N(C(=O)OCc2ccccc2)C1C(N)=O. The molecule has 0 fully saturated rings. The number of carbonyl (C=O) groups is 2. The predicted molar refractivity (Wildman–Crippen MR) is 91.4 cm³/mol. The summed E-state index contributed by atoms with van der Waals surface area (Å²) in [5.41, 5.74) is 8.16. The van der Waals surface area contributed by atoms with Crippen LogP contribution in [0.4, 0.5) is 10.5 Å². The minimum absolute atomic E-state index is 0.0679. The summed E-state index contributed by atoms with van der Waals surface area (Å²) >= 11 is 0. The largest absolute Gasteiger partial charge is 0.444 e. The zero-order valence-corrected chi connectivity index (χ0v) is 13.5. The van der Waals surface area contributed by atoms with Gasteiger partial charge in [-0.2, -0.15) is 0 Å². The Labute approximate surface area is 141 Å². The maximum Gasteiger partial charge on any atom is 0.415 e. The smallest absolute Gasteiger partial charge is 0.415 e. The Balaban J connectivity index is 1.87. The summed E-state index contributed by atoms with van der Waals surface area (Å²) in [7, 11) is 0. The molecule has 0 bridgehead atoms. The van der Waals surface area contributed by atoms with Gasteiger partial charge in [0.05, 0.1) is 5.69 Å². The van der Waals surface area contributed by atoms with Gasteiger partial charge >= 0.3 is 6.09 Å². The highest BCUT2D eigenvalue weighted by molar-refractivity contribution is 5.98. The first kappa shape index (κ1) is 16.1. The van der Waals surface area contributed by atoms with E-state index in [1.165, 1.54) is 4.90 Å². The number of benzene rings is 2. The van der Waals surface area contributed by atoms with E-state index in [0.29, 0.717) is 12.1 Å². The summed E-state index contributed by atoms with van der Waals surface area (Å²) < 4.78 is 5.43. The molecule has 2 atom stereocenters. The highest BCUT2D eigenvalue weighted by atomic mass is 16.6. The predicted octanol–water partition coefficient (Wildman–Crippen LogP) is 2.88. The van der Waals surface area contributed by atoms with Crippen LogP contribution in [0.3, 0.4) is 0 Å². The highest BCUT2D eigenvalue weighted by Crippen LogP contribution is 2.34. The van der Waals surface area contributed by atoms with Gasteiger partial charge in [0.1, 0.15) is 12.6 Å². The number of nitrogens with zero attached hydrogens (tertiary/aromatic N) is 1. The van der Waals surface area contributed by atoms with E-state index in [2.05, 4.69) is 0 Å². The Morgan fingerprint density at radius 2 is 1.79 bits per heavy atom. The van der Waals surface area contributed by atoms with E-state index >= 15 is 0 Å². The van der Waals surface area contributed by atoms with Crippen LogP contribution in [0.1, 0.15) is 18.1 Å². The lowest BCUT2D eigenvalue weighted by Crippen LogP contribution is -2.54. The Morgan fingerprint density at radius 3 is 2.50 bits per heavy atom. The second kappa shape index (κ2) is 6.74. The molecule has 0 aromatic heterocycles. The van der Waals surface area contributed by atoms with E-state index in [1.54, 1.807) is 0 Å². The summed E-state index contributed by atoms with van der Waals surface area (Å²) in [5, 5.41) is 0. The van der Waals surface area contributed by atoms with Gasteiger partial charge in [0.15, 0.2) is 0 Å². The lowest BCUT2D eigenvalue weighted by Gasteiger charge is -2.38. The van der Waals surface area contributed by atoms with Crippen molar-refractivity contribution in [3.8, 4) is 0 Å². The number of anilines is 1. The second-order valence-corrected chi connectivity index (χ2v) is 6.07. The fraction of sp³-hybridized carbons (Fsp3) is 0.263. The third-order valence-corrected chi connectivity index (χ3v) is 4.30. The topological polar surface area (TPSA) is 72.6 Å². The van der Waals surface area contributed by atoms with Crippen LogP contribution in [0.25, 0.3) is 0 Å². The van der Waals surface area contributed by atoms with E-state index in [0.717, 1.165) is 11.1 Å². The average molecular weight is 324 g/mol. The fourth-order valence-electron chi connectivity index (χ4n) is 3.19. The molecule has 5 heteroatoms. The number of primary amides is 1. The molecule has 2 amide bonds. The lowest BCUT2D eigenvalue weighted by atomic mass is 9.87. The van der Waals surface area contributed by atoms with Crippen molar-refractivity contribution in [2.75, 3.05) is 4.90 Å². The lowest BCUT2D eigenvalue weighted by molar-refractivity contribution is -0.120. The van der Waals surface area contributed by atoms with Gasteiger partial charge in [-0.3, -0.25) is 9.69 Å². The van der Waals surface area contributed by atoms with Crippen molar-refractivity contribution in [2.45, 2.75) is 26.0 Å². The standard InChI is InChI=1S/C19H20N2O3/c1-13-11-15-9-5-6-10-16(15)21(17(13)18(20)22)19(23)24-12-14-7-3-2-4-8-14/h2-10,13,17H,11-12H2,1H3,(H2,20,22). The van der Waals surface area contributed by atoms with Crippen molar-refractivity contribution >= 4 is 17.7 Å². The molecule has 0 aliphatic carbocycles. The number of hydrogen-bond acceptors (Lipinski definition) is 3. The summed E-state index contributed by atoms with van der Waals surface area (Å²) in [6.45, 7) is 2.07. The number of amides is 2. The van der Waals surface area contributed by atoms with Gasteiger partial charge in [-0.15, -0.1) is 0 Å². The molecule has 1 heterocycles. The Kier molecular flexibility index (Phi) is 4.51. The van der Waals surface area contributed by atoms with Gasteiger partial charge in [-0.05, 0) is 29.5 Å². The number of nitrogens with two attached hydrogens (primary N) is 1. The highest BCUT2D eigenvalue weighted by Gasteiger charge is 2.39. The monoisotopic (exact) mass is 324 g/mol. The molecule has 24 heavy (non-hydrogen) atoms. The molecule has 0 saturated heterocycles. The van der Waals surface area contributed by atoms with Crippen molar-refractivity contribution < 1.29 is 14.3 Å². The van der Waals surface area contributed by atoms with Gasteiger partial charge in [0.25, 0.3) is 0 Å². The van der Waals surface area contributed by atoms with E-state index in [9.17, 15) is 9.59 Å². The van der Waals surface area contributed by atoms with Gasteiger partial charge in [0, 0.05) is 0 Å². The van der Waals surface area contributed by atoms with E-state index in [1.807, 2.05) is 61.5 Å². The van der Waals surface area contributed by atoms with Crippen LogP contribution in [-0.2, 0) is 22.6 Å².